The predicted molar refractivity (Wildman–Crippen MR) is 50.2 cm³/mol. The van der Waals surface area contributed by atoms with Crippen molar-refractivity contribution < 1.29 is 0 Å². The highest BCUT2D eigenvalue weighted by Crippen LogP contribution is 2.04. The van der Waals surface area contributed by atoms with Crippen LogP contribution in [0.25, 0.3) is 0 Å². The molecule has 0 fully saturated rings. The van der Waals surface area contributed by atoms with Crippen LogP contribution in [-0.4, -0.2) is 17.6 Å². The fraction of sp³-hybridized carbons (Fsp3) is 1.00. The van der Waals surface area contributed by atoms with E-state index in [1.807, 2.05) is 5.01 Å². The van der Waals surface area contributed by atoms with E-state index in [1.54, 1.807) is 0 Å². The van der Waals surface area contributed by atoms with Crippen molar-refractivity contribution >= 4 is 0 Å². The maximum atomic E-state index is 5.80. The third-order valence-corrected chi connectivity index (χ3v) is 2.02. The lowest BCUT2D eigenvalue weighted by Gasteiger charge is -2.23. The van der Waals surface area contributed by atoms with Crippen molar-refractivity contribution in [3.8, 4) is 0 Å². The minimum Gasteiger partial charge on any atom is -0.269 e. The molecule has 0 aromatic rings. The molecule has 0 aliphatic carbocycles. The third kappa shape index (κ3) is 5.22. The summed E-state index contributed by atoms with van der Waals surface area (Å²) in [4.78, 5) is 0. The summed E-state index contributed by atoms with van der Waals surface area (Å²) in [5, 5.41) is 1.95. The molecule has 2 nitrogen and oxygen atoms in total. The Morgan fingerprint density at radius 2 is 1.91 bits per heavy atom. The quantitative estimate of drug-likeness (QED) is 0.474. The number of hydrogen-bond acceptors (Lipinski definition) is 2. The van der Waals surface area contributed by atoms with Crippen LogP contribution in [0, 0.1) is 0 Å². The molecule has 11 heavy (non-hydrogen) atoms. The molecule has 2 heteroatoms. The van der Waals surface area contributed by atoms with Gasteiger partial charge >= 0.3 is 0 Å². The fourth-order valence-electron chi connectivity index (χ4n) is 1.14. The summed E-state index contributed by atoms with van der Waals surface area (Å²) in [6.45, 7) is 7.59. The Morgan fingerprint density at radius 1 is 1.27 bits per heavy atom. The van der Waals surface area contributed by atoms with E-state index in [0.29, 0.717) is 6.04 Å². The summed E-state index contributed by atoms with van der Waals surface area (Å²) >= 11 is 0. The summed E-state index contributed by atoms with van der Waals surface area (Å²) in [5.41, 5.74) is 0. The molecular weight excluding hydrogens is 136 g/mol. The lowest BCUT2D eigenvalue weighted by Crippen LogP contribution is -2.39. The van der Waals surface area contributed by atoms with Crippen LogP contribution in [0.2, 0.25) is 0 Å². The zero-order valence-electron chi connectivity index (χ0n) is 8.14. The van der Waals surface area contributed by atoms with Crippen molar-refractivity contribution in [3.05, 3.63) is 0 Å². The minimum atomic E-state index is 0.551. The smallest absolute Gasteiger partial charge is 0.0212 e. The van der Waals surface area contributed by atoms with E-state index >= 15 is 0 Å². The van der Waals surface area contributed by atoms with Crippen molar-refractivity contribution in [3.63, 3.8) is 0 Å². The molecule has 0 aromatic heterocycles. The van der Waals surface area contributed by atoms with Crippen molar-refractivity contribution in [1.29, 1.82) is 0 Å². The fourth-order valence-corrected chi connectivity index (χ4v) is 1.14. The number of hydrogen-bond donors (Lipinski definition) is 1. The van der Waals surface area contributed by atoms with Gasteiger partial charge in [0.25, 0.3) is 0 Å². The number of hydrazine groups is 1. The molecule has 0 radical (unpaired) electrons. The molecule has 0 rings (SSSR count). The first kappa shape index (κ1) is 10.9. The van der Waals surface area contributed by atoms with Crippen LogP contribution in [0.4, 0.5) is 0 Å². The summed E-state index contributed by atoms with van der Waals surface area (Å²) < 4.78 is 0. The maximum Gasteiger partial charge on any atom is 0.0212 e. The summed E-state index contributed by atoms with van der Waals surface area (Å²) in [6, 6.07) is 0.551. The Hall–Kier alpha value is -0.0800. The Bertz CT molecular complexity index is 83.6. The maximum absolute atomic E-state index is 5.80. The molecule has 0 spiro atoms. The summed E-state index contributed by atoms with van der Waals surface area (Å²) in [5.74, 6) is 5.80. The Labute approximate surface area is 70.7 Å². The first-order chi connectivity index (χ1) is 5.22. The normalized spacial score (nSPS) is 13.9. The Morgan fingerprint density at radius 3 is 2.36 bits per heavy atom. The molecule has 0 aromatic carbocycles. The molecule has 0 saturated heterocycles. The average Bonchev–Trinajstić information content (AvgIpc) is 2.00. The van der Waals surface area contributed by atoms with E-state index in [2.05, 4.69) is 20.8 Å². The highest BCUT2D eigenvalue weighted by Gasteiger charge is 2.06. The second-order valence-corrected chi connectivity index (χ2v) is 3.23. The second kappa shape index (κ2) is 6.62. The highest BCUT2D eigenvalue weighted by atomic mass is 15.4. The molecule has 2 N–H and O–H groups in total. The molecular formula is C9H22N2. The molecule has 1 atom stereocenters. The molecule has 0 saturated carbocycles. The van der Waals surface area contributed by atoms with Crippen molar-refractivity contribution in [2.24, 2.45) is 5.84 Å². The molecule has 1 unspecified atom stereocenters. The van der Waals surface area contributed by atoms with Crippen LogP contribution in [0.15, 0.2) is 0 Å². The zero-order chi connectivity index (χ0) is 8.69. The van der Waals surface area contributed by atoms with Gasteiger partial charge in [-0.1, -0.05) is 26.7 Å². The van der Waals surface area contributed by atoms with Gasteiger partial charge in [0.05, 0.1) is 0 Å². The lowest BCUT2D eigenvalue weighted by atomic mass is 10.1. The monoisotopic (exact) mass is 158 g/mol. The van der Waals surface area contributed by atoms with Crippen LogP contribution < -0.4 is 5.84 Å². The second-order valence-electron chi connectivity index (χ2n) is 3.23. The van der Waals surface area contributed by atoms with Crippen LogP contribution in [-0.2, 0) is 0 Å². The van der Waals surface area contributed by atoms with Crippen LogP contribution in [0.5, 0.6) is 0 Å². The van der Waals surface area contributed by atoms with E-state index in [9.17, 15) is 0 Å². The minimum absolute atomic E-state index is 0.551. The first-order valence-electron chi connectivity index (χ1n) is 4.73. The largest absolute Gasteiger partial charge is 0.269 e. The highest BCUT2D eigenvalue weighted by molar-refractivity contribution is 4.60. The van der Waals surface area contributed by atoms with Gasteiger partial charge in [-0.05, 0) is 19.8 Å². The van der Waals surface area contributed by atoms with E-state index in [0.717, 1.165) is 13.0 Å². The van der Waals surface area contributed by atoms with Crippen molar-refractivity contribution in [1.82, 2.24) is 5.01 Å². The number of nitrogens with two attached hydrogens (primary N) is 1. The number of unbranched alkanes of at least 4 members (excludes halogenated alkanes) is 1. The molecule has 0 bridgehead atoms. The van der Waals surface area contributed by atoms with Gasteiger partial charge < -0.3 is 0 Å². The van der Waals surface area contributed by atoms with E-state index in [4.69, 9.17) is 5.84 Å². The van der Waals surface area contributed by atoms with Gasteiger partial charge in [0.2, 0.25) is 0 Å². The predicted octanol–water partition coefficient (Wildman–Crippen LogP) is 2.15. The van der Waals surface area contributed by atoms with Crippen LogP contribution in [0.1, 0.15) is 46.5 Å². The van der Waals surface area contributed by atoms with Gasteiger partial charge in [0.15, 0.2) is 0 Å². The van der Waals surface area contributed by atoms with Crippen molar-refractivity contribution in [2.75, 3.05) is 6.54 Å². The van der Waals surface area contributed by atoms with Gasteiger partial charge in [-0.15, -0.1) is 0 Å². The molecule has 68 valence electrons. The van der Waals surface area contributed by atoms with E-state index in [-0.39, 0.29) is 0 Å². The van der Waals surface area contributed by atoms with E-state index < -0.39 is 0 Å². The van der Waals surface area contributed by atoms with Crippen LogP contribution in [0.3, 0.4) is 0 Å². The molecule has 0 aliphatic heterocycles. The van der Waals surface area contributed by atoms with Gasteiger partial charge in [0.1, 0.15) is 0 Å². The molecule has 0 aliphatic rings. The number of nitrogens with zero attached hydrogens (tertiary/aromatic N) is 1. The summed E-state index contributed by atoms with van der Waals surface area (Å²) in [6.07, 6.45) is 4.93. The van der Waals surface area contributed by atoms with Gasteiger partial charge in [0, 0.05) is 12.6 Å². The Balaban J connectivity index is 3.38. The summed E-state index contributed by atoms with van der Waals surface area (Å²) in [7, 11) is 0. The van der Waals surface area contributed by atoms with Gasteiger partial charge in [-0.25, -0.2) is 5.01 Å². The SMILES string of the molecule is CCCCC(C)N(N)CCC. The van der Waals surface area contributed by atoms with Crippen LogP contribution >= 0.6 is 0 Å². The van der Waals surface area contributed by atoms with Crippen molar-refractivity contribution in [2.45, 2.75) is 52.5 Å². The lowest BCUT2D eigenvalue weighted by molar-refractivity contribution is 0.202. The first-order valence-corrected chi connectivity index (χ1v) is 4.73. The number of rotatable bonds is 6. The Kier molecular flexibility index (Phi) is 6.57. The average molecular weight is 158 g/mol. The topological polar surface area (TPSA) is 29.3 Å². The zero-order valence-corrected chi connectivity index (χ0v) is 8.14. The third-order valence-electron chi connectivity index (χ3n) is 2.02. The standard InChI is InChI=1S/C9H22N2/c1-4-6-7-9(3)11(10)8-5-2/h9H,4-8,10H2,1-3H3. The van der Waals surface area contributed by atoms with Gasteiger partial charge in [-0.2, -0.15) is 0 Å². The molecule has 0 amide bonds. The van der Waals surface area contributed by atoms with Gasteiger partial charge in [-0.3, -0.25) is 5.84 Å². The molecule has 0 heterocycles. The van der Waals surface area contributed by atoms with E-state index in [1.165, 1.54) is 19.3 Å².